The molecule has 0 aliphatic carbocycles. The molecule has 0 saturated heterocycles. The van der Waals surface area contributed by atoms with E-state index >= 15 is 0 Å². The van der Waals surface area contributed by atoms with E-state index in [2.05, 4.69) is 15.9 Å². The van der Waals surface area contributed by atoms with Gasteiger partial charge in [-0.05, 0) is 42.3 Å². The van der Waals surface area contributed by atoms with Crippen molar-refractivity contribution in [1.29, 1.82) is 0 Å². The fraction of sp³-hybridized carbons (Fsp3) is 0.316. The van der Waals surface area contributed by atoms with Crippen molar-refractivity contribution in [2.75, 3.05) is 38.6 Å². The van der Waals surface area contributed by atoms with Gasteiger partial charge >= 0.3 is 5.69 Å². The maximum absolute atomic E-state index is 12.8. The van der Waals surface area contributed by atoms with Crippen molar-refractivity contribution in [3.05, 3.63) is 62.1 Å². The van der Waals surface area contributed by atoms with Crippen molar-refractivity contribution in [3.8, 4) is 5.75 Å². The highest BCUT2D eigenvalue weighted by Crippen LogP contribution is 2.34. The van der Waals surface area contributed by atoms with E-state index in [1.807, 2.05) is 12.1 Å². The van der Waals surface area contributed by atoms with Gasteiger partial charge in [0, 0.05) is 29.8 Å². The summed E-state index contributed by atoms with van der Waals surface area (Å²) in [5.74, 6) is -0.0976. The zero-order chi connectivity index (χ0) is 20.1. The number of ether oxygens (including phenoxy) is 3. The van der Waals surface area contributed by atoms with Crippen molar-refractivity contribution >= 4 is 33.2 Å². The number of benzene rings is 2. The molecule has 0 fully saturated rings. The smallest absolute Gasteiger partial charge is 0.313 e. The second-order valence-electron chi connectivity index (χ2n) is 6.08. The maximum atomic E-state index is 12.8. The number of amides is 1. The lowest BCUT2D eigenvalue weighted by atomic mass is 9.98. The summed E-state index contributed by atoms with van der Waals surface area (Å²) in [6.45, 7) is 1.04. The molecule has 0 atom stereocenters. The van der Waals surface area contributed by atoms with Gasteiger partial charge in [0.15, 0.2) is 12.5 Å². The Bertz CT molecular complexity index is 889. The molecule has 8 nitrogen and oxygen atoms in total. The molecule has 0 spiro atoms. The largest absolute Gasteiger partial charge is 0.460 e. The number of carbonyl (C=O) groups excluding carboxylic acids is 1. The lowest BCUT2D eigenvalue weighted by molar-refractivity contribution is -0.386. The summed E-state index contributed by atoms with van der Waals surface area (Å²) in [5, 5.41) is 11.5. The van der Waals surface area contributed by atoms with Crippen molar-refractivity contribution < 1.29 is 23.9 Å². The number of methoxy groups -OCH3 is 1. The van der Waals surface area contributed by atoms with Crippen LogP contribution in [0.3, 0.4) is 0 Å². The highest BCUT2D eigenvalue weighted by Gasteiger charge is 2.27. The Kier molecular flexibility index (Phi) is 6.61. The van der Waals surface area contributed by atoms with Crippen LogP contribution in [-0.2, 0) is 15.9 Å². The van der Waals surface area contributed by atoms with Crippen LogP contribution in [0.5, 0.6) is 5.75 Å². The Morgan fingerprint density at radius 2 is 2.04 bits per heavy atom. The van der Waals surface area contributed by atoms with Crippen LogP contribution < -0.4 is 9.64 Å². The predicted molar refractivity (Wildman–Crippen MR) is 106 cm³/mol. The minimum Gasteiger partial charge on any atom is -0.460 e. The number of hydrogen-bond donors (Lipinski definition) is 0. The number of hydrogen-bond acceptors (Lipinski definition) is 6. The third kappa shape index (κ3) is 4.49. The number of fused-ring (bicyclic) bond motifs is 1. The minimum absolute atomic E-state index is 0.0833. The summed E-state index contributed by atoms with van der Waals surface area (Å²) in [6, 6.07) is 9.97. The molecule has 0 N–H and O–H groups in total. The zero-order valence-electron chi connectivity index (χ0n) is 15.2. The number of nitro groups is 1. The summed E-state index contributed by atoms with van der Waals surface area (Å²) < 4.78 is 16.3. The van der Waals surface area contributed by atoms with E-state index in [4.69, 9.17) is 14.2 Å². The van der Waals surface area contributed by atoms with Gasteiger partial charge in [-0.25, -0.2) is 0 Å². The first-order chi connectivity index (χ1) is 13.5. The molecule has 0 saturated carbocycles. The van der Waals surface area contributed by atoms with Crippen LogP contribution >= 0.6 is 15.9 Å². The first-order valence-corrected chi connectivity index (χ1v) is 9.38. The Morgan fingerprint density at radius 1 is 1.21 bits per heavy atom. The van der Waals surface area contributed by atoms with E-state index in [1.54, 1.807) is 24.1 Å². The third-order valence-electron chi connectivity index (χ3n) is 4.33. The summed E-state index contributed by atoms with van der Waals surface area (Å²) in [4.78, 5) is 25.3. The van der Waals surface area contributed by atoms with Crippen molar-refractivity contribution in [3.63, 3.8) is 0 Å². The monoisotopic (exact) mass is 450 g/mol. The highest BCUT2D eigenvalue weighted by atomic mass is 79.9. The Morgan fingerprint density at radius 3 is 2.79 bits per heavy atom. The van der Waals surface area contributed by atoms with Gasteiger partial charge < -0.3 is 19.1 Å². The standard InChI is InChI=1S/C19H19BrN2O6/c1-26-8-9-27-12-28-18-5-3-15(11-17(18)22(24)25)21-7-6-13-10-14(20)2-4-16(13)19(21)23/h2-5,10-11H,6-9,12H2,1H3. The van der Waals surface area contributed by atoms with E-state index < -0.39 is 4.92 Å². The van der Waals surface area contributed by atoms with Crippen LogP contribution in [0.25, 0.3) is 0 Å². The second kappa shape index (κ2) is 9.13. The van der Waals surface area contributed by atoms with Crippen molar-refractivity contribution in [1.82, 2.24) is 0 Å². The Labute approximate surface area is 170 Å². The lowest BCUT2D eigenvalue weighted by Crippen LogP contribution is -2.37. The van der Waals surface area contributed by atoms with E-state index in [9.17, 15) is 14.9 Å². The first kappa shape index (κ1) is 20.2. The Hall–Kier alpha value is -2.49. The van der Waals surface area contributed by atoms with Gasteiger partial charge in [0.05, 0.1) is 23.8 Å². The number of halogens is 1. The molecule has 2 aromatic rings. The first-order valence-electron chi connectivity index (χ1n) is 8.59. The van der Waals surface area contributed by atoms with Gasteiger partial charge in [0.1, 0.15) is 0 Å². The molecule has 28 heavy (non-hydrogen) atoms. The molecule has 3 rings (SSSR count). The number of carbonyl (C=O) groups is 1. The normalized spacial score (nSPS) is 13.4. The van der Waals surface area contributed by atoms with Gasteiger partial charge in [0.2, 0.25) is 0 Å². The molecule has 0 aromatic heterocycles. The molecule has 0 unspecified atom stereocenters. The van der Waals surface area contributed by atoms with Gasteiger partial charge in [-0.2, -0.15) is 0 Å². The zero-order valence-corrected chi connectivity index (χ0v) is 16.8. The quantitative estimate of drug-likeness (QED) is 0.264. The average Bonchev–Trinajstić information content (AvgIpc) is 2.68. The fourth-order valence-electron chi connectivity index (χ4n) is 2.95. The van der Waals surface area contributed by atoms with Gasteiger partial charge in [-0.15, -0.1) is 0 Å². The van der Waals surface area contributed by atoms with E-state index in [0.717, 1.165) is 10.0 Å². The van der Waals surface area contributed by atoms with E-state index in [1.165, 1.54) is 12.1 Å². The van der Waals surface area contributed by atoms with Crippen LogP contribution in [0.15, 0.2) is 40.9 Å². The number of nitro benzene ring substituents is 1. The summed E-state index contributed by atoms with van der Waals surface area (Å²) in [7, 11) is 1.55. The van der Waals surface area contributed by atoms with E-state index in [-0.39, 0.29) is 24.1 Å². The Balaban J connectivity index is 1.79. The van der Waals surface area contributed by atoms with Crippen LogP contribution in [0.2, 0.25) is 0 Å². The number of rotatable bonds is 8. The molecule has 0 bridgehead atoms. The minimum atomic E-state index is -0.534. The summed E-state index contributed by atoms with van der Waals surface area (Å²) in [6.07, 6.45) is 0.667. The maximum Gasteiger partial charge on any atom is 0.313 e. The topological polar surface area (TPSA) is 91.1 Å². The van der Waals surface area contributed by atoms with Gasteiger partial charge in [-0.1, -0.05) is 15.9 Å². The van der Waals surface area contributed by atoms with E-state index in [0.29, 0.717) is 37.4 Å². The third-order valence-corrected chi connectivity index (χ3v) is 4.82. The van der Waals surface area contributed by atoms with Crippen LogP contribution in [0.4, 0.5) is 11.4 Å². The van der Waals surface area contributed by atoms with Crippen LogP contribution in [0.1, 0.15) is 15.9 Å². The predicted octanol–water partition coefficient (Wildman–Crippen LogP) is 3.56. The molecule has 1 aliphatic heterocycles. The number of anilines is 1. The van der Waals surface area contributed by atoms with Gasteiger partial charge in [-0.3, -0.25) is 14.9 Å². The average molecular weight is 451 g/mol. The fourth-order valence-corrected chi connectivity index (χ4v) is 3.36. The van der Waals surface area contributed by atoms with Crippen LogP contribution in [0, 0.1) is 10.1 Å². The van der Waals surface area contributed by atoms with Crippen molar-refractivity contribution in [2.45, 2.75) is 6.42 Å². The molecule has 148 valence electrons. The highest BCUT2D eigenvalue weighted by molar-refractivity contribution is 9.10. The molecule has 1 amide bonds. The molecule has 0 radical (unpaired) electrons. The molecular weight excluding hydrogens is 432 g/mol. The lowest BCUT2D eigenvalue weighted by Gasteiger charge is -2.28. The summed E-state index contributed by atoms with van der Waals surface area (Å²) >= 11 is 3.41. The number of nitrogens with zero attached hydrogens (tertiary/aromatic N) is 2. The molecule has 9 heteroatoms. The second-order valence-corrected chi connectivity index (χ2v) is 7.00. The van der Waals surface area contributed by atoms with Crippen LogP contribution in [-0.4, -0.2) is 44.5 Å². The van der Waals surface area contributed by atoms with Gasteiger partial charge in [0.25, 0.3) is 5.91 Å². The molecule has 1 heterocycles. The SMILES string of the molecule is COCCOCOc1ccc(N2CCc3cc(Br)ccc3C2=O)cc1[N+](=O)[O-]. The summed E-state index contributed by atoms with van der Waals surface area (Å²) in [5.41, 5.74) is 1.79. The van der Waals surface area contributed by atoms with Crippen molar-refractivity contribution in [2.24, 2.45) is 0 Å². The molecule has 1 aliphatic rings. The molecule has 2 aromatic carbocycles. The molecular formula is C19H19BrN2O6.